The molecular formula is C12H14Cl3NO3S. The van der Waals surface area contributed by atoms with Gasteiger partial charge in [-0.15, -0.1) is 0 Å². The molecule has 1 saturated heterocycles. The molecule has 1 aromatic carbocycles. The minimum absolute atomic E-state index is 0.0255. The lowest BCUT2D eigenvalue weighted by Crippen LogP contribution is -2.65. The molecule has 4 nitrogen and oxygen atoms in total. The molecule has 1 fully saturated rings. The second-order valence-corrected chi connectivity index (χ2v) is 8.36. The summed E-state index contributed by atoms with van der Waals surface area (Å²) in [5, 5.41) is 10.4. The van der Waals surface area contributed by atoms with Crippen molar-refractivity contribution in [2.24, 2.45) is 5.92 Å². The zero-order valence-electron chi connectivity index (χ0n) is 10.9. The fourth-order valence-electron chi connectivity index (χ4n) is 2.00. The SMILES string of the molecule is CC(C)C1(O)CN(S(=O)(=O)c2c(Cl)cc(Cl)cc2Cl)C1. The molecule has 0 unspecified atom stereocenters. The van der Waals surface area contributed by atoms with E-state index < -0.39 is 15.6 Å². The lowest BCUT2D eigenvalue weighted by atomic mass is 9.85. The topological polar surface area (TPSA) is 57.6 Å². The molecular weight excluding hydrogens is 345 g/mol. The van der Waals surface area contributed by atoms with Gasteiger partial charge in [0.25, 0.3) is 0 Å². The van der Waals surface area contributed by atoms with Crippen LogP contribution in [0.15, 0.2) is 17.0 Å². The molecule has 1 aromatic rings. The van der Waals surface area contributed by atoms with Crippen molar-refractivity contribution in [2.75, 3.05) is 13.1 Å². The fraction of sp³-hybridized carbons (Fsp3) is 0.500. The molecule has 1 heterocycles. The van der Waals surface area contributed by atoms with Crippen LogP contribution in [0.25, 0.3) is 0 Å². The highest BCUT2D eigenvalue weighted by Crippen LogP contribution is 2.39. The Morgan fingerprint density at radius 2 is 1.65 bits per heavy atom. The van der Waals surface area contributed by atoms with E-state index in [0.29, 0.717) is 0 Å². The van der Waals surface area contributed by atoms with Crippen molar-refractivity contribution in [2.45, 2.75) is 24.3 Å². The van der Waals surface area contributed by atoms with E-state index in [1.54, 1.807) is 0 Å². The summed E-state index contributed by atoms with van der Waals surface area (Å²) in [6.45, 7) is 3.74. The van der Waals surface area contributed by atoms with Crippen LogP contribution in [0.4, 0.5) is 0 Å². The van der Waals surface area contributed by atoms with Gasteiger partial charge in [-0.05, 0) is 18.1 Å². The first-order valence-corrected chi connectivity index (χ1v) is 8.52. The Kier molecular flexibility index (Phi) is 4.33. The Morgan fingerprint density at radius 1 is 1.20 bits per heavy atom. The van der Waals surface area contributed by atoms with Crippen molar-refractivity contribution in [3.63, 3.8) is 0 Å². The number of rotatable bonds is 3. The van der Waals surface area contributed by atoms with Crippen molar-refractivity contribution < 1.29 is 13.5 Å². The maximum absolute atomic E-state index is 12.5. The second kappa shape index (κ2) is 5.30. The summed E-state index contributed by atoms with van der Waals surface area (Å²) in [4.78, 5) is -0.170. The molecule has 20 heavy (non-hydrogen) atoms. The zero-order chi connectivity index (χ0) is 15.3. The van der Waals surface area contributed by atoms with Crippen molar-refractivity contribution in [1.82, 2.24) is 4.31 Å². The van der Waals surface area contributed by atoms with Gasteiger partial charge in [-0.25, -0.2) is 8.42 Å². The third kappa shape index (κ3) is 2.67. The number of aliphatic hydroxyl groups is 1. The van der Waals surface area contributed by atoms with Gasteiger partial charge in [0, 0.05) is 18.1 Å². The Hall–Kier alpha value is -0.0400. The summed E-state index contributed by atoms with van der Waals surface area (Å²) in [6, 6.07) is 2.66. The smallest absolute Gasteiger partial charge is 0.246 e. The third-order valence-electron chi connectivity index (χ3n) is 3.54. The van der Waals surface area contributed by atoms with Crippen molar-refractivity contribution in [3.05, 3.63) is 27.2 Å². The molecule has 0 radical (unpaired) electrons. The predicted octanol–water partition coefficient (Wildman–Crippen LogP) is 3.04. The fourth-order valence-corrected chi connectivity index (χ4v) is 5.06. The highest BCUT2D eigenvalue weighted by atomic mass is 35.5. The molecule has 0 atom stereocenters. The highest BCUT2D eigenvalue weighted by Gasteiger charge is 2.49. The molecule has 8 heteroatoms. The van der Waals surface area contributed by atoms with Crippen LogP contribution in [0, 0.1) is 5.92 Å². The highest BCUT2D eigenvalue weighted by molar-refractivity contribution is 7.89. The number of halogens is 3. The maximum Gasteiger partial charge on any atom is 0.246 e. The van der Waals surface area contributed by atoms with Crippen LogP contribution in [0.3, 0.4) is 0 Å². The largest absolute Gasteiger partial charge is 0.387 e. The molecule has 1 N–H and O–H groups in total. The lowest BCUT2D eigenvalue weighted by Gasteiger charge is -2.48. The van der Waals surface area contributed by atoms with E-state index >= 15 is 0 Å². The van der Waals surface area contributed by atoms with E-state index in [1.165, 1.54) is 12.1 Å². The summed E-state index contributed by atoms with van der Waals surface area (Å²) in [7, 11) is -3.83. The van der Waals surface area contributed by atoms with Crippen molar-refractivity contribution >= 4 is 44.8 Å². The number of hydrogen-bond acceptors (Lipinski definition) is 3. The van der Waals surface area contributed by atoms with Crippen molar-refractivity contribution in [1.29, 1.82) is 0 Å². The second-order valence-electron chi connectivity index (χ2n) is 5.23. The van der Waals surface area contributed by atoms with Crippen LogP contribution in [0.2, 0.25) is 15.1 Å². The quantitative estimate of drug-likeness (QED) is 0.903. The Labute approximate surface area is 133 Å². The first-order chi connectivity index (χ1) is 9.08. The molecule has 1 aliphatic heterocycles. The van der Waals surface area contributed by atoms with Crippen LogP contribution in [-0.4, -0.2) is 36.5 Å². The van der Waals surface area contributed by atoms with Gasteiger partial charge < -0.3 is 5.11 Å². The van der Waals surface area contributed by atoms with Crippen LogP contribution in [-0.2, 0) is 10.0 Å². The van der Waals surface area contributed by atoms with Crippen LogP contribution in [0.1, 0.15) is 13.8 Å². The lowest BCUT2D eigenvalue weighted by molar-refractivity contribution is -0.0932. The molecule has 0 spiro atoms. The summed E-state index contributed by atoms with van der Waals surface area (Å²) in [5.41, 5.74) is -1.00. The number of benzene rings is 1. The van der Waals surface area contributed by atoms with Gasteiger partial charge in [-0.3, -0.25) is 0 Å². The van der Waals surface area contributed by atoms with E-state index in [2.05, 4.69) is 0 Å². The Balaban J connectivity index is 2.35. The minimum Gasteiger partial charge on any atom is -0.387 e. The molecule has 0 bridgehead atoms. The van der Waals surface area contributed by atoms with E-state index in [0.717, 1.165) is 4.31 Å². The first kappa shape index (κ1) is 16.3. The number of hydrogen-bond donors (Lipinski definition) is 1. The van der Waals surface area contributed by atoms with Crippen LogP contribution in [0.5, 0.6) is 0 Å². The molecule has 0 aromatic heterocycles. The number of β-amino-alcohol motifs (C(OH)–C–C–N with tert-alkyl or cyclic N) is 1. The predicted molar refractivity (Wildman–Crippen MR) is 80.0 cm³/mol. The number of nitrogens with zero attached hydrogens (tertiary/aromatic N) is 1. The Morgan fingerprint density at radius 3 is 2.05 bits per heavy atom. The molecule has 1 aliphatic rings. The van der Waals surface area contributed by atoms with Crippen LogP contribution < -0.4 is 0 Å². The summed E-state index contributed by atoms with van der Waals surface area (Å²) >= 11 is 17.7. The van der Waals surface area contributed by atoms with E-state index in [1.807, 2.05) is 13.8 Å². The maximum atomic E-state index is 12.5. The van der Waals surface area contributed by atoms with Crippen molar-refractivity contribution in [3.8, 4) is 0 Å². The zero-order valence-corrected chi connectivity index (χ0v) is 14.0. The molecule has 0 amide bonds. The normalized spacial score (nSPS) is 19.1. The number of sulfonamides is 1. The molecule has 2 rings (SSSR count). The first-order valence-electron chi connectivity index (χ1n) is 5.95. The minimum atomic E-state index is -3.83. The Bertz CT molecular complexity index is 616. The van der Waals surface area contributed by atoms with Gasteiger partial charge in [0.15, 0.2) is 0 Å². The van der Waals surface area contributed by atoms with E-state index in [9.17, 15) is 13.5 Å². The molecule has 112 valence electrons. The van der Waals surface area contributed by atoms with Crippen LogP contribution >= 0.6 is 34.8 Å². The summed E-state index contributed by atoms with van der Waals surface area (Å²) in [5.74, 6) is -0.0369. The van der Waals surface area contributed by atoms with E-state index in [-0.39, 0.29) is 39.0 Å². The standard InChI is InChI=1S/C12H14Cl3NO3S/c1-7(2)12(17)5-16(6-12)20(18,19)11-9(14)3-8(13)4-10(11)15/h3-4,7,17H,5-6H2,1-2H3. The average molecular weight is 359 g/mol. The average Bonchev–Trinajstić information content (AvgIpc) is 2.22. The monoisotopic (exact) mass is 357 g/mol. The van der Waals surface area contributed by atoms with Gasteiger partial charge in [0.2, 0.25) is 10.0 Å². The molecule has 0 aliphatic carbocycles. The summed E-state index contributed by atoms with van der Waals surface area (Å²) < 4.78 is 26.1. The molecule has 0 saturated carbocycles. The van der Waals surface area contributed by atoms with E-state index in [4.69, 9.17) is 34.8 Å². The summed E-state index contributed by atoms with van der Waals surface area (Å²) in [6.07, 6.45) is 0. The third-order valence-corrected chi connectivity index (χ3v) is 6.47. The van der Waals surface area contributed by atoms with Gasteiger partial charge in [0.1, 0.15) is 4.90 Å². The van der Waals surface area contributed by atoms with Gasteiger partial charge in [-0.2, -0.15) is 4.31 Å². The van der Waals surface area contributed by atoms with Gasteiger partial charge in [-0.1, -0.05) is 48.7 Å². The van der Waals surface area contributed by atoms with Gasteiger partial charge in [0.05, 0.1) is 15.6 Å². The van der Waals surface area contributed by atoms with Gasteiger partial charge >= 0.3 is 0 Å².